The normalized spacial score (nSPS) is 26.1. The summed E-state index contributed by atoms with van der Waals surface area (Å²) in [5.74, 6) is 0.122. The van der Waals surface area contributed by atoms with Gasteiger partial charge in [0.2, 0.25) is 10.0 Å². The molecule has 2 aromatic heterocycles. The number of anilines is 1. The Labute approximate surface area is 155 Å². The number of rotatable bonds is 2. The Balaban J connectivity index is 1.71. The van der Waals surface area contributed by atoms with Crippen LogP contribution in [0.2, 0.25) is 0 Å². The molecule has 0 N–H and O–H groups in total. The lowest BCUT2D eigenvalue weighted by atomic mass is 9.85. The Bertz CT molecular complexity index is 999. The van der Waals surface area contributed by atoms with Crippen LogP contribution in [0.1, 0.15) is 19.4 Å². The van der Waals surface area contributed by atoms with Crippen LogP contribution in [-0.4, -0.2) is 53.5 Å². The molecule has 27 heavy (non-hydrogen) atoms. The molecule has 2 saturated heterocycles. The van der Waals surface area contributed by atoms with E-state index >= 15 is 0 Å². The molecule has 0 amide bonds. The van der Waals surface area contributed by atoms with Crippen LogP contribution in [-0.2, 0) is 16.2 Å². The number of hydrogen-bond acceptors (Lipinski definition) is 4. The monoisotopic (exact) mass is 402 g/mol. The summed E-state index contributed by atoms with van der Waals surface area (Å²) in [5, 5.41) is 0. The van der Waals surface area contributed by atoms with Gasteiger partial charge in [0.05, 0.1) is 35.5 Å². The predicted molar refractivity (Wildman–Crippen MR) is 95.0 cm³/mol. The van der Waals surface area contributed by atoms with Gasteiger partial charge in [0.15, 0.2) is 0 Å². The fraction of sp³-hybridized carbons (Fsp3) is 0.588. The van der Waals surface area contributed by atoms with E-state index in [1.807, 2.05) is 18.7 Å². The van der Waals surface area contributed by atoms with E-state index in [0.29, 0.717) is 30.8 Å². The third kappa shape index (κ3) is 2.89. The summed E-state index contributed by atoms with van der Waals surface area (Å²) < 4.78 is 67.0. The van der Waals surface area contributed by atoms with Gasteiger partial charge in [-0.05, 0) is 25.8 Å². The summed E-state index contributed by atoms with van der Waals surface area (Å²) in [6.45, 7) is 5.20. The molecule has 0 saturated carbocycles. The van der Waals surface area contributed by atoms with Crippen LogP contribution in [0.3, 0.4) is 0 Å². The van der Waals surface area contributed by atoms with Crippen LogP contribution in [0.25, 0.3) is 5.52 Å². The van der Waals surface area contributed by atoms with Gasteiger partial charge in [-0.3, -0.25) is 0 Å². The van der Waals surface area contributed by atoms with Gasteiger partial charge in [-0.2, -0.15) is 17.5 Å². The van der Waals surface area contributed by atoms with E-state index in [2.05, 4.69) is 4.98 Å². The minimum atomic E-state index is -4.45. The van der Waals surface area contributed by atoms with Crippen molar-refractivity contribution in [1.29, 1.82) is 0 Å². The van der Waals surface area contributed by atoms with E-state index in [0.717, 1.165) is 6.20 Å². The van der Waals surface area contributed by atoms with E-state index in [4.69, 9.17) is 0 Å². The zero-order valence-corrected chi connectivity index (χ0v) is 16.0. The van der Waals surface area contributed by atoms with Crippen LogP contribution in [0.5, 0.6) is 0 Å². The number of nitrogens with zero attached hydrogens (tertiary/aromatic N) is 4. The van der Waals surface area contributed by atoms with E-state index in [-0.39, 0.29) is 11.8 Å². The van der Waals surface area contributed by atoms with Gasteiger partial charge in [0, 0.05) is 37.3 Å². The van der Waals surface area contributed by atoms with Crippen molar-refractivity contribution in [2.45, 2.75) is 25.6 Å². The highest BCUT2D eigenvalue weighted by Gasteiger charge is 2.55. The van der Waals surface area contributed by atoms with Crippen molar-refractivity contribution in [3.8, 4) is 0 Å². The second kappa shape index (κ2) is 5.60. The fourth-order valence-electron chi connectivity index (χ4n) is 4.67. The summed E-state index contributed by atoms with van der Waals surface area (Å²) in [6, 6.07) is 1.17. The van der Waals surface area contributed by atoms with Gasteiger partial charge < -0.3 is 9.30 Å². The quantitative estimate of drug-likeness (QED) is 0.774. The Morgan fingerprint density at radius 3 is 2.52 bits per heavy atom. The Hall–Kier alpha value is -1.81. The highest BCUT2D eigenvalue weighted by Crippen LogP contribution is 2.46. The molecule has 0 radical (unpaired) electrons. The molecule has 0 spiro atoms. The highest BCUT2D eigenvalue weighted by atomic mass is 32.2. The first kappa shape index (κ1) is 18.5. The average molecular weight is 402 g/mol. The summed E-state index contributed by atoms with van der Waals surface area (Å²) in [6.07, 6.45) is 0.710. The van der Waals surface area contributed by atoms with Crippen LogP contribution in [0, 0.1) is 11.8 Å². The van der Waals surface area contributed by atoms with Crippen molar-refractivity contribution in [3.63, 3.8) is 0 Å². The van der Waals surface area contributed by atoms with E-state index < -0.39 is 27.3 Å². The van der Waals surface area contributed by atoms with Crippen molar-refractivity contribution in [3.05, 3.63) is 30.4 Å². The first-order chi connectivity index (χ1) is 12.4. The number of fused-ring (bicyclic) bond motifs is 2. The number of alkyl halides is 3. The third-order valence-corrected chi connectivity index (χ3v) is 7.38. The van der Waals surface area contributed by atoms with Gasteiger partial charge in [-0.15, -0.1) is 0 Å². The highest BCUT2D eigenvalue weighted by molar-refractivity contribution is 7.88. The molecule has 0 bridgehead atoms. The Morgan fingerprint density at radius 1 is 1.22 bits per heavy atom. The first-order valence-corrected chi connectivity index (χ1v) is 10.5. The van der Waals surface area contributed by atoms with Crippen molar-refractivity contribution in [2.75, 3.05) is 30.8 Å². The average Bonchev–Trinajstić information content (AvgIpc) is 3.20. The first-order valence-electron chi connectivity index (χ1n) is 8.64. The van der Waals surface area contributed by atoms with Crippen molar-refractivity contribution in [2.24, 2.45) is 11.8 Å². The topological polar surface area (TPSA) is 57.9 Å². The summed E-state index contributed by atoms with van der Waals surface area (Å²) in [7, 11) is -3.33. The number of aromatic nitrogens is 2. The molecule has 10 heteroatoms. The van der Waals surface area contributed by atoms with E-state index in [9.17, 15) is 21.6 Å². The number of halogens is 3. The predicted octanol–water partition coefficient (Wildman–Crippen LogP) is 2.46. The molecule has 2 aliphatic heterocycles. The van der Waals surface area contributed by atoms with E-state index in [1.54, 1.807) is 6.20 Å². The van der Waals surface area contributed by atoms with Crippen LogP contribution >= 0.6 is 0 Å². The van der Waals surface area contributed by atoms with Gasteiger partial charge in [0.1, 0.15) is 0 Å². The van der Waals surface area contributed by atoms with Gasteiger partial charge in [-0.25, -0.2) is 13.4 Å². The molecule has 2 aliphatic rings. The fourth-order valence-corrected chi connectivity index (χ4v) is 6.12. The Kier molecular flexibility index (Phi) is 3.85. The van der Waals surface area contributed by atoms with Gasteiger partial charge in [-0.1, -0.05) is 0 Å². The zero-order valence-electron chi connectivity index (χ0n) is 15.2. The molecule has 2 aromatic rings. The number of sulfonamides is 1. The molecule has 148 valence electrons. The number of imidazole rings is 1. The van der Waals surface area contributed by atoms with Gasteiger partial charge in [0.25, 0.3) is 0 Å². The maximum absolute atomic E-state index is 13.3. The molecule has 4 heterocycles. The largest absolute Gasteiger partial charge is 0.417 e. The van der Waals surface area contributed by atoms with Crippen molar-refractivity contribution < 1.29 is 21.6 Å². The SMILES string of the molecule is CC1(C)[C@H]2CN(c3cc(C(F)(F)F)cn4cncc34)C[C@H]2CN1S(C)(=O)=O. The van der Waals surface area contributed by atoms with Crippen molar-refractivity contribution >= 4 is 21.2 Å². The van der Waals surface area contributed by atoms with Crippen LogP contribution < -0.4 is 4.90 Å². The molecule has 6 nitrogen and oxygen atoms in total. The van der Waals surface area contributed by atoms with Gasteiger partial charge >= 0.3 is 6.18 Å². The summed E-state index contributed by atoms with van der Waals surface area (Å²) in [4.78, 5) is 5.92. The van der Waals surface area contributed by atoms with Crippen LogP contribution in [0.4, 0.5) is 18.9 Å². The minimum absolute atomic E-state index is 0.0461. The van der Waals surface area contributed by atoms with Crippen molar-refractivity contribution in [1.82, 2.24) is 13.7 Å². The molecular weight excluding hydrogens is 381 g/mol. The molecule has 4 rings (SSSR count). The molecular formula is C17H21F3N4O2S. The molecule has 2 atom stereocenters. The lowest BCUT2D eigenvalue weighted by molar-refractivity contribution is -0.137. The summed E-state index contributed by atoms with van der Waals surface area (Å²) in [5.41, 5.74) is -0.207. The minimum Gasteiger partial charge on any atom is -0.369 e. The van der Waals surface area contributed by atoms with E-state index in [1.165, 1.54) is 27.4 Å². The second-order valence-electron chi connectivity index (χ2n) is 8.02. The lowest BCUT2D eigenvalue weighted by Crippen LogP contribution is -2.47. The maximum Gasteiger partial charge on any atom is 0.417 e. The molecule has 0 unspecified atom stereocenters. The number of pyridine rings is 1. The zero-order chi connectivity index (χ0) is 19.8. The summed E-state index contributed by atoms with van der Waals surface area (Å²) >= 11 is 0. The number of hydrogen-bond donors (Lipinski definition) is 0. The maximum atomic E-state index is 13.3. The standard InChI is InChI=1S/C17H21F3N4O2S/c1-16(2)13-9-22(6-11(13)7-24(16)27(3,25)26)14-4-12(17(18,19)20)8-23-10-21-5-15(14)23/h4-5,8,10-11,13H,6-7,9H2,1-3H3/t11-,13-/m0/s1. The third-order valence-electron chi connectivity index (χ3n) is 5.96. The molecule has 0 aliphatic carbocycles. The Morgan fingerprint density at radius 2 is 1.93 bits per heavy atom. The lowest BCUT2D eigenvalue weighted by Gasteiger charge is -2.35. The molecule has 2 fully saturated rings. The smallest absolute Gasteiger partial charge is 0.369 e. The second-order valence-corrected chi connectivity index (χ2v) is 9.92. The molecule has 0 aromatic carbocycles. The van der Waals surface area contributed by atoms with Crippen LogP contribution in [0.15, 0.2) is 24.8 Å².